The van der Waals surface area contributed by atoms with Crippen molar-refractivity contribution < 1.29 is 9.47 Å². The molecule has 0 fully saturated rings. The second-order valence-corrected chi connectivity index (χ2v) is 16.4. The van der Waals surface area contributed by atoms with Crippen molar-refractivity contribution in [2.24, 2.45) is 0 Å². The van der Waals surface area contributed by atoms with Crippen LogP contribution in [-0.2, 0) is 0 Å². The van der Waals surface area contributed by atoms with Crippen LogP contribution in [0.5, 0.6) is 11.5 Å². The predicted octanol–water partition coefficient (Wildman–Crippen LogP) is 16.0. The van der Waals surface area contributed by atoms with Gasteiger partial charge in [-0.15, -0.1) is 22.7 Å². The number of ether oxygens (including phenoxy) is 2. The fourth-order valence-electron chi connectivity index (χ4n) is 6.85. The predicted molar refractivity (Wildman–Crippen MR) is 223 cm³/mol. The summed E-state index contributed by atoms with van der Waals surface area (Å²) >= 11 is 3.76. The van der Waals surface area contributed by atoms with Crippen LogP contribution in [0.3, 0.4) is 0 Å². The van der Waals surface area contributed by atoms with Crippen LogP contribution in [0, 0.1) is 0 Å². The molecule has 0 bridgehead atoms. The number of rotatable bonds is 26. The number of hydrogen-bond acceptors (Lipinski definition) is 4. The van der Waals surface area contributed by atoms with E-state index in [0.29, 0.717) is 0 Å². The molecule has 270 valence electrons. The van der Waals surface area contributed by atoms with E-state index in [1.165, 1.54) is 157 Å². The normalized spacial score (nSPS) is 11.6. The molecule has 2 aromatic heterocycles. The third kappa shape index (κ3) is 12.7. The van der Waals surface area contributed by atoms with Crippen molar-refractivity contribution in [3.05, 3.63) is 72.8 Å². The second-order valence-electron chi connectivity index (χ2n) is 14.3. The van der Waals surface area contributed by atoms with Gasteiger partial charge in [0.25, 0.3) is 0 Å². The molecule has 5 aromatic rings. The minimum Gasteiger partial charge on any atom is -0.494 e. The first-order valence-electron chi connectivity index (χ1n) is 20.2. The van der Waals surface area contributed by atoms with Crippen LogP contribution in [0.15, 0.2) is 72.8 Å². The van der Waals surface area contributed by atoms with E-state index in [0.717, 1.165) is 37.6 Å². The molecule has 0 radical (unpaired) electrons. The summed E-state index contributed by atoms with van der Waals surface area (Å²) in [6.07, 6.45) is 27.0. The van der Waals surface area contributed by atoms with E-state index in [4.69, 9.17) is 9.47 Å². The van der Waals surface area contributed by atoms with Gasteiger partial charge in [0.15, 0.2) is 0 Å². The highest BCUT2D eigenvalue weighted by atomic mass is 32.1. The lowest BCUT2D eigenvalue weighted by molar-refractivity contribution is 0.304. The monoisotopic (exact) mass is 710 g/mol. The third-order valence-electron chi connectivity index (χ3n) is 9.97. The highest BCUT2D eigenvalue weighted by molar-refractivity contribution is 7.23. The number of benzene rings is 3. The maximum Gasteiger partial charge on any atom is 0.119 e. The van der Waals surface area contributed by atoms with Gasteiger partial charge in [-0.3, -0.25) is 0 Å². The van der Waals surface area contributed by atoms with Gasteiger partial charge in [0.05, 0.1) is 13.2 Å². The van der Waals surface area contributed by atoms with E-state index >= 15 is 0 Å². The molecular weight excluding hydrogens is 649 g/mol. The van der Waals surface area contributed by atoms with Crippen LogP contribution in [-0.4, -0.2) is 13.2 Å². The molecule has 4 heteroatoms. The van der Waals surface area contributed by atoms with Crippen LogP contribution >= 0.6 is 22.7 Å². The highest BCUT2D eigenvalue weighted by Crippen LogP contribution is 2.41. The molecule has 0 aliphatic rings. The summed E-state index contributed by atoms with van der Waals surface area (Å²) in [4.78, 5) is 2.63. The van der Waals surface area contributed by atoms with Gasteiger partial charge in [0, 0.05) is 19.2 Å². The van der Waals surface area contributed by atoms with Crippen LogP contribution in [0.1, 0.15) is 142 Å². The highest BCUT2D eigenvalue weighted by Gasteiger charge is 2.10. The number of hydrogen-bond donors (Lipinski definition) is 0. The van der Waals surface area contributed by atoms with E-state index in [-0.39, 0.29) is 0 Å². The van der Waals surface area contributed by atoms with Crippen LogP contribution in [0.25, 0.3) is 41.1 Å². The zero-order chi connectivity index (χ0) is 34.6. The van der Waals surface area contributed by atoms with Gasteiger partial charge in [-0.05, 0) is 108 Å². The quantitative estimate of drug-likeness (QED) is 0.0532. The lowest BCUT2D eigenvalue weighted by Crippen LogP contribution is -1.97. The molecule has 3 aromatic carbocycles. The summed E-state index contributed by atoms with van der Waals surface area (Å²) in [5.74, 6) is 1.96. The van der Waals surface area contributed by atoms with Crippen molar-refractivity contribution in [2.75, 3.05) is 13.2 Å². The fourth-order valence-corrected chi connectivity index (χ4v) is 9.04. The van der Waals surface area contributed by atoms with Crippen molar-refractivity contribution in [1.82, 2.24) is 0 Å². The molecule has 0 N–H and O–H groups in total. The van der Waals surface area contributed by atoms with E-state index in [2.05, 4.69) is 86.6 Å². The van der Waals surface area contributed by atoms with E-state index < -0.39 is 0 Å². The Balaban J connectivity index is 1.02. The maximum absolute atomic E-state index is 6.07. The molecule has 0 aliphatic heterocycles. The van der Waals surface area contributed by atoms with Crippen molar-refractivity contribution in [3.63, 3.8) is 0 Å². The molecule has 50 heavy (non-hydrogen) atoms. The van der Waals surface area contributed by atoms with Gasteiger partial charge in [-0.25, -0.2) is 0 Å². The first-order chi connectivity index (χ1) is 24.7. The average Bonchev–Trinajstić information content (AvgIpc) is 3.76. The molecule has 0 saturated carbocycles. The van der Waals surface area contributed by atoms with Crippen molar-refractivity contribution in [1.29, 1.82) is 0 Å². The number of thiophene rings is 2. The van der Waals surface area contributed by atoms with Crippen molar-refractivity contribution in [2.45, 2.75) is 142 Å². The first-order valence-corrected chi connectivity index (χ1v) is 21.8. The van der Waals surface area contributed by atoms with E-state index in [9.17, 15) is 0 Å². The summed E-state index contributed by atoms with van der Waals surface area (Å²) < 4.78 is 14.8. The Morgan fingerprint density at radius 1 is 0.380 bits per heavy atom. The van der Waals surface area contributed by atoms with E-state index in [1.54, 1.807) is 0 Å². The Morgan fingerprint density at radius 3 is 1.04 bits per heavy atom. The van der Waals surface area contributed by atoms with Gasteiger partial charge in [0.2, 0.25) is 0 Å². The Kier molecular flexibility index (Phi) is 17.0. The van der Waals surface area contributed by atoms with Crippen molar-refractivity contribution in [3.8, 4) is 32.4 Å². The molecule has 5 rings (SSSR count). The van der Waals surface area contributed by atoms with Crippen LogP contribution in [0.2, 0.25) is 0 Å². The molecule has 2 nitrogen and oxygen atoms in total. The molecule has 0 amide bonds. The Bertz CT molecular complexity index is 1460. The zero-order valence-electron chi connectivity index (χ0n) is 31.1. The Hall–Kier alpha value is -2.82. The third-order valence-corrected chi connectivity index (χ3v) is 12.3. The summed E-state index contributed by atoms with van der Waals surface area (Å²) in [7, 11) is 0. The lowest BCUT2D eigenvalue weighted by Gasteiger charge is -2.07. The molecular formula is C46H62O2S2. The number of fused-ring (bicyclic) bond motifs is 2. The minimum atomic E-state index is 0.814. The first kappa shape index (κ1) is 38.4. The van der Waals surface area contributed by atoms with Gasteiger partial charge < -0.3 is 9.47 Å². The molecule has 0 atom stereocenters. The molecule has 0 aliphatic carbocycles. The maximum atomic E-state index is 6.07. The van der Waals surface area contributed by atoms with Gasteiger partial charge in [-0.1, -0.05) is 129 Å². The lowest BCUT2D eigenvalue weighted by atomic mass is 10.1. The molecule has 0 spiro atoms. The molecule has 2 heterocycles. The zero-order valence-corrected chi connectivity index (χ0v) is 32.8. The SMILES string of the molecule is CCCCCCCCCCCCOc1ccc(-c2cc3cc4sc(-c5ccc(OCCCCCCCCCCCC)cc5)cc4cc3s2)cc1. The smallest absolute Gasteiger partial charge is 0.119 e. The van der Waals surface area contributed by atoms with Gasteiger partial charge in [-0.2, -0.15) is 0 Å². The average molecular weight is 711 g/mol. The second kappa shape index (κ2) is 22.2. The summed E-state index contributed by atoms with van der Waals surface area (Å²) in [5, 5.41) is 2.64. The number of unbranched alkanes of at least 4 members (excludes halogenated alkanes) is 18. The van der Waals surface area contributed by atoms with Gasteiger partial charge in [0.1, 0.15) is 11.5 Å². The van der Waals surface area contributed by atoms with E-state index in [1.807, 2.05) is 22.7 Å². The minimum absolute atomic E-state index is 0.814. The largest absolute Gasteiger partial charge is 0.494 e. The summed E-state index contributed by atoms with van der Waals surface area (Å²) in [5.41, 5.74) is 2.52. The van der Waals surface area contributed by atoms with Crippen LogP contribution in [0.4, 0.5) is 0 Å². The Labute approximate surface area is 311 Å². The molecule has 0 saturated heterocycles. The van der Waals surface area contributed by atoms with Crippen molar-refractivity contribution >= 4 is 42.8 Å². The topological polar surface area (TPSA) is 18.5 Å². The van der Waals surface area contributed by atoms with Gasteiger partial charge >= 0.3 is 0 Å². The standard InChI is InChI=1S/C46H62O2S2/c1-3-5-7-9-11-13-15-17-19-21-31-47-41-27-23-37(24-28-41)43-33-39-35-46-40(36-45(39)49-43)34-44(50-46)38-25-29-42(30-26-38)48-32-22-20-18-16-14-12-10-8-6-4-2/h23-30,33-36H,3-22,31-32H2,1-2H3. The fraction of sp³-hybridized carbons (Fsp3) is 0.522. The summed E-state index contributed by atoms with van der Waals surface area (Å²) in [6.45, 7) is 6.20. The Morgan fingerprint density at radius 2 is 0.700 bits per heavy atom. The van der Waals surface area contributed by atoms with Crippen LogP contribution < -0.4 is 9.47 Å². The summed E-state index contributed by atoms with van der Waals surface area (Å²) in [6, 6.07) is 26.8. The molecule has 0 unspecified atom stereocenters.